The lowest BCUT2D eigenvalue weighted by Gasteiger charge is -2.10. The zero-order chi connectivity index (χ0) is 31.6. The van der Waals surface area contributed by atoms with E-state index < -0.39 is 0 Å². The number of nitrogens with zero attached hydrogens (tertiary/aromatic N) is 1. The van der Waals surface area contributed by atoms with Crippen molar-refractivity contribution in [2.75, 3.05) is 159 Å². The minimum Gasteiger partial charge on any atom is -0.491 e. The fourth-order valence-electron chi connectivity index (χ4n) is 3.19. The second-order valence-corrected chi connectivity index (χ2v) is 9.46. The van der Waals surface area contributed by atoms with Gasteiger partial charge in [-0.15, -0.1) is 0 Å². The van der Waals surface area contributed by atoms with Crippen LogP contribution in [0.3, 0.4) is 0 Å². The van der Waals surface area contributed by atoms with Gasteiger partial charge in [0.15, 0.2) is 0 Å². The van der Waals surface area contributed by atoms with Crippen LogP contribution >= 0.6 is 0 Å². The van der Waals surface area contributed by atoms with E-state index in [0.29, 0.717) is 150 Å². The third-order valence-corrected chi connectivity index (χ3v) is 5.54. The van der Waals surface area contributed by atoms with E-state index >= 15 is 0 Å². The highest BCUT2D eigenvalue weighted by Crippen LogP contribution is 2.10. The van der Waals surface area contributed by atoms with Crippen molar-refractivity contribution in [3.8, 4) is 5.75 Å². The Morgan fingerprint density at radius 3 is 0.977 bits per heavy atom. The number of carbonyl (C=O) groups excluding carboxylic acids is 1. The summed E-state index contributed by atoms with van der Waals surface area (Å²) in [6.07, 6.45) is 0.799. The lowest BCUT2D eigenvalue weighted by molar-refractivity contribution is -0.0268. The van der Waals surface area contributed by atoms with Crippen LogP contribution in [0.1, 0.15) is 10.4 Å². The molecule has 0 heterocycles. The van der Waals surface area contributed by atoms with Gasteiger partial charge in [0, 0.05) is 12.1 Å². The smallest absolute Gasteiger partial charge is 0.150 e. The van der Waals surface area contributed by atoms with Crippen LogP contribution in [0.15, 0.2) is 24.3 Å². The van der Waals surface area contributed by atoms with Crippen LogP contribution < -0.4 is 4.74 Å². The summed E-state index contributed by atoms with van der Waals surface area (Å²) in [6.45, 7) is 11.9. The molecule has 0 saturated heterocycles. The van der Waals surface area contributed by atoms with Crippen molar-refractivity contribution >= 4 is 6.29 Å². The molecule has 0 fully saturated rings. The van der Waals surface area contributed by atoms with E-state index in [1.165, 1.54) is 0 Å². The van der Waals surface area contributed by atoms with Crippen LogP contribution in [0.2, 0.25) is 0 Å². The highest BCUT2D eigenvalue weighted by atomic mass is 16.6. The van der Waals surface area contributed by atoms with Gasteiger partial charge >= 0.3 is 0 Å². The molecule has 256 valence electrons. The molecule has 0 saturated carbocycles. The Labute approximate surface area is 263 Å². The van der Waals surface area contributed by atoms with E-state index in [1.54, 1.807) is 24.3 Å². The quantitative estimate of drug-likeness (QED) is 0.0796. The number of ether oxygens (including phenoxy) is 11. The standard InChI is InChI=1S/C31H55NO12/c1-32(2)7-8-34-9-10-35-11-12-36-13-14-37-15-16-38-17-18-39-19-20-40-21-22-41-23-24-42-25-26-43-27-28-44-31-5-3-30(29-33)4-6-31/h3-6,29H,7-28H2,1-2H3. The SMILES string of the molecule is CN(C)CCOCCOCCOCCOCCOCCOCCOCCOCCOCCOCCOc1ccc(C=O)cc1. The van der Waals surface area contributed by atoms with Gasteiger partial charge in [0.05, 0.1) is 132 Å². The van der Waals surface area contributed by atoms with E-state index in [-0.39, 0.29) is 0 Å². The van der Waals surface area contributed by atoms with Gasteiger partial charge in [-0.3, -0.25) is 4.79 Å². The molecular formula is C31H55NO12. The van der Waals surface area contributed by atoms with Gasteiger partial charge in [-0.2, -0.15) is 0 Å². The Balaban J connectivity index is 1.64. The summed E-state index contributed by atoms with van der Waals surface area (Å²) in [5, 5.41) is 0. The molecule has 13 nitrogen and oxygen atoms in total. The van der Waals surface area contributed by atoms with Gasteiger partial charge in [0.1, 0.15) is 18.6 Å². The summed E-state index contributed by atoms with van der Waals surface area (Å²) in [4.78, 5) is 12.7. The third-order valence-electron chi connectivity index (χ3n) is 5.54. The maximum atomic E-state index is 10.6. The summed E-state index contributed by atoms with van der Waals surface area (Å²) in [6, 6.07) is 6.94. The maximum Gasteiger partial charge on any atom is 0.150 e. The first-order valence-corrected chi connectivity index (χ1v) is 15.3. The van der Waals surface area contributed by atoms with Crippen molar-refractivity contribution in [2.24, 2.45) is 0 Å². The lowest BCUT2D eigenvalue weighted by Crippen LogP contribution is -2.19. The van der Waals surface area contributed by atoms with Crippen LogP contribution in [0.25, 0.3) is 0 Å². The van der Waals surface area contributed by atoms with Crippen molar-refractivity contribution in [1.29, 1.82) is 0 Å². The summed E-state index contributed by atoms with van der Waals surface area (Å²) >= 11 is 0. The molecule has 1 aromatic carbocycles. The molecule has 0 spiro atoms. The molecular weight excluding hydrogens is 578 g/mol. The van der Waals surface area contributed by atoms with Crippen LogP contribution in [-0.2, 0) is 47.4 Å². The largest absolute Gasteiger partial charge is 0.491 e. The van der Waals surface area contributed by atoms with E-state index in [2.05, 4.69) is 4.90 Å². The second-order valence-electron chi connectivity index (χ2n) is 9.46. The Bertz CT molecular complexity index is 726. The lowest BCUT2D eigenvalue weighted by atomic mass is 10.2. The zero-order valence-electron chi connectivity index (χ0n) is 26.8. The molecule has 0 aromatic heterocycles. The Hall–Kier alpha value is -1.75. The molecule has 0 amide bonds. The van der Waals surface area contributed by atoms with Gasteiger partial charge in [0.25, 0.3) is 0 Å². The minimum atomic E-state index is 0.432. The first kappa shape index (κ1) is 40.3. The number of rotatable bonds is 35. The van der Waals surface area contributed by atoms with Crippen LogP contribution in [-0.4, -0.2) is 171 Å². The molecule has 0 N–H and O–H groups in total. The predicted octanol–water partition coefficient (Wildman–Crippen LogP) is 1.61. The average Bonchev–Trinajstić information content (AvgIpc) is 3.03. The van der Waals surface area contributed by atoms with Gasteiger partial charge in [-0.25, -0.2) is 0 Å². The monoisotopic (exact) mass is 633 g/mol. The zero-order valence-corrected chi connectivity index (χ0v) is 26.8. The summed E-state index contributed by atoms with van der Waals surface area (Å²) < 4.78 is 60.2. The average molecular weight is 634 g/mol. The Kier molecular flexibility index (Phi) is 29.9. The highest BCUT2D eigenvalue weighted by molar-refractivity contribution is 5.74. The van der Waals surface area contributed by atoms with E-state index in [9.17, 15) is 4.79 Å². The Morgan fingerprint density at radius 1 is 0.432 bits per heavy atom. The minimum absolute atomic E-state index is 0.432. The second kappa shape index (κ2) is 32.6. The summed E-state index contributed by atoms with van der Waals surface area (Å²) in [5.41, 5.74) is 0.619. The molecule has 0 unspecified atom stereocenters. The molecule has 0 aliphatic rings. The molecule has 0 aliphatic carbocycles. The first-order chi connectivity index (χ1) is 21.7. The normalized spacial score (nSPS) is 11.4. The number of aldehydes is 1. The van der Waals surface area contributed by atoms with Crippen molar-refractivity contribution in [2.45, 2.75) is 0 Å². The number of carbonyl (C=O) groups is 1. The predicted molar refractivity (Wildman–Crippen MR) is 164 cm³/mol. The van der Waals surface area contributed by atoms with Gasteiger partial charge < -0.3 is 57.0 Å². The molecule has 0 radical (unpaired) electrons. The highest BCUT2D eigenvalue weighted by Gasteiger charge is 1.98. The summed E-state index contributed by atoms with van der Waals surface area (Å²) in [7, 11) is 4.04. The fourth-order valence-corrected chi connectivity index (χ4v) is 3.19. The van der Waals surface area contributed by atoms with Crippen molar-refractivity contribution in [3.05, 3.63) is 29.8 Å². The van der Waals surface area contributed by atoms with Crippen molar-refractivity contribution in [3.63, 3.8) is 0 Å². The topological polar surface area (TPSA) is 122 Å². The number of likely N-dealkylation sites (N-methyl/N-ethyl adjacent to an activating group) is 1. The molecule has 1 aromatic rings. The van der Waals surface area contributed by atoms with Gasteiger partial charge in [-0.05, 0) is 38.4 Å². The molecule has 13 heteroatoms. The van der Waals surface area contributed by atoms with Gasteiger partial charge in [0.2, 0.25) is 0 Å². The first-order valence-electron chi connectivity index (χ1n) is 15.3. The molecule has 1 rings (SSSR count). The molecule has 44 heavy (non-hydrogen) atoms. The van der Waals surface area contributed by atoms with E-state index in [1.807, 2.05) is 14.1 Å². The van der Waals surface area contributed by atoms with Crippen molar-refractivity contribution < 1.29 is 56.9 Å². The van der Waals surface area contributed by atoms with Crippen LogP contribution in [0.4, 0.5) is 0 Å². The van der Waals surface area contributed by atoms with E-state index in [0.717, 1.165) is 12.8 Å². The number of hydrogen-bond donors (Lipinski definition) is 0. The molecule has 0 bridgehead atoms. The molecule has 0 aliphatic heterocycles. The van der Waals surface area contributed by atoms with Crippen LogP contribution in [0, 0.1) is 0 Å². The van der Waals surface area contributed by atoms with E-state index in [4.69, 9.17) is 52.1 Å². The number of hydrogen-bond acceptors (Lipinski definition) is 13. The van der Waals surface area contributed by atoms with Gasteiger partial charge in [-0.1, -0.05) is 0 Å². The fraction of sp³-hybridized carbons (Fsp3) is 0.774. The number of benzene rings is 1. The summed E-state index contributed by atoms with van der Waals surface area (Å²) in [5.74, 6) is 0.705. The molecule has 0 atom stereocenters. The third kappa shape index (κ3) is 29.0. The Morgan fingerprint density at radius 2 is 0.705 bits per heavy atom. The van der Waals surface area contributed by atoms with Crippen LogP contribution in [0.5, 0.6) is 5.75 Å². The maximum absolute atomic E-state index is 10.6. The van der Waals surface area contributed by atoms with Crippen molar-refractivity contribution in [1.82, 2.24) is 4.90 Å².